The molecule has 0 unspecified atom stereocenters. The monoisotopic (exact) mass is 520 g/mol. The maximum Gasteiger partial charge on any atom is 0.338 e. The molecule has 0 aromatic heterocycles. The molecule has 37 heavy (non-hydrogen) atoms. The summed E-state index contributed by atoms with van der Waals surface area (Å²) in [6.07, 6.45) is 11.2. The van der Waals surface area contributed by atoms with Gasteiger partial charge in [0.25, 0.3) is 0 Å². The maximum absolute atomic E-state index is 12.6. The molecule has 0 aliphatic carbocycles. The lowest BCUT2D eigenvalue weighted by atomic mass is 10.1. The number of rotatable bonds is 19. The van der Waals surface area contributed by atoms with Crippen molar-refractivity contribution in [3.8, 4) is 17.2 Å². The van der Waals surface area contributed by atoms with Crippen LogP contribution in [0.1, 0.15) is 127 Å². The third-order valence-corrected chi connectivity index (χ3v) is 5.81. The number of ether oxygens (including phenoxy) is 4. The molecule has 0 aliphatic heterocycles. The quantitative estimate of drug-likeness (QED) is 0.108. The minimum atomic E-state index is -0.710. The molecule has 8 heteroatoms. The zero-order valence-corrected chi connectivity index (χ0v) is 23.0. The summed E-state index contributed by atoms with van der Waals surface area (Å²) in [5.74, 6) is -2.80. The van der Waals surface area contributed by atoms with E-state index in [1.54, 1.807) is 0 Å². The van der Waals surface area contributed by atoms with Crippen LogP contribution in [-0.2, 0) is 19.1 Å². The van der Waals surface area contributed by atoms with Gasteiger partial charge in [-0.2, -0.15) is 0 Å². The van der Waals surface area contributed by atoms with Gasteiger partial charge in [-0.05, 0) is 31.4 Å². The summed E-state index contributed by atoms with van der Waals surface area (Å²) >= 11 is 0. The van der Waals surface area contributed by atoms with Crippen molar-refractivity contribution in [1.82, 2.24) is 0 Å². The first kappa shape index (κ1) is 32.1. The van der Waals surface area contributed by atoms with Crippen molar-refractivity contribution in [1.29, 1.82) is 0 Å². The van der Waals surface area contributed by atoms with Gasteiger partial charge in [-0.1, -0.05) is 78.6 Å². The van der Waals surface area contributed by atoms with E-state index in [0.29, 0.717) is 19.3 Å². The van der Waals surface area contributed by atoms with Crippen molar-refractivity contribution < 1.29 is 38.1 Å². The standard InChI is InChI=1S/C29H44O8/c1-5-8-11-14-17-25(30)35-23-20-22(29(33)34-4)21-24(36-26(31)18-15-12-9-6-2)28(23)37-27(32)19-16-13-10-7-3/h20-21H,5-19H2,1-4H3. The predicted molar refractivity (Wildman–Crippen MR) is 141 cm³/mol. The highest BCUT2D eigenvalue weighted by Crippen LogP contribution is 2.40. The summed E-state index contributed by atoms with van der Waals surface area (Å²) in [5.41, 5.74) is 0.00723. The van der Waals surface area contributed by atoms with E-state index in [-0.39, 0.29) is 42.1 Å². The van der Waals surface area contributed by atoms with Crippen molar-refractivity contribution >= 4 is 23.9 Å². The summed E-state index contributed by atoms with van der Waals surface area (Å²) in [6, 6.07) is 2.54. The fraction of sp³-hybridized carbons (Fsp3) is 0.655. The third kappa shape index (κ3) is 13.3. The Kier molecular flexibility index (Phi) is 16.7. The van der Waals surface area contributed by atoms with Gasteiger partial charge in [-0.3, -0.25) is 14.4 Å². The third-order valence-electron chi connectivity index (χ3n) is 5.81. The van der Waals surface area contributed by atoms with E-state index in [4.69, 9.17) is 18.9 Å². The number of carbonyl (C=O) groups excluding carboxylic acids is 4. The van der Waals surface area contributed by atoms with E-state index >= 15 is 0 Å². The largest absolute Gasteiger partial charge is 0.465 e. The first-order valence-electron chi connectivity index (χ1n) is 13.7. The van der Waals surface area contributed by atoms with E-state index < -0.39 is 23.9 Å². The van der Waals surface area contributed by atoms with Crippen LogP contribution in [-0.4, -0.2) is 31.0 Å². The van der Waals surface area contributed by atoms with Crippen LogP contribution in [0.2, 0.25) is 0 Å². The first-order valence-corrected chi connectivity index (χ1v) is 13.7. The van der Waals surface area contributed by atoms with Crippen LogP contribution in [0.15, 0.2) is 12.1 Å². The Morgan fingerprint density at radius 2 is 0.946 bits per heavy atom. The Labute approximate surface area is 221 Å². The fourth-order valence-electron chi connectivity index (χ4n) is 3.67. The minimum Gasteiger partial charge on any atom is -0.465 e. The highest BCUT2D eigenvalue weighted by Gasteiger charge is 2.24. The summed E-state index contributed by atoms with van der Waals surface area (Å²) < 4.78 is 21.4. The molecule has 1 aromatic carbocycles. The normalized spacial score (nSPS) is 10.6. The number of unbranched alkanes of at least 4 members (excludes halogenated alkanes) is 9. The lowest BCUT2D eigenvalue weighted by molar-refractivity contribution is -0.138. The molecule has 0 bridgehead atoms. The van der Waals surface area contributed by atoms with Gasteiger partial charge in [0.1, 0.15) is 0 Å². The predicted octanol–water partition coefficient (Wildman–Crippen LogP) is 7.10. The van der Waals surface area contributed by atoms with Crippen LogP contribution in [0.4, 0.5) is 0 Å². The molecular weight excluding hydrogens is 476 g/mol. The molecule has 0 aliphatic rings. The van der Waals surface area contributed by atoms with Gasteiger partial charge >= 0.3 is 23.9 Å². The molecule has 0 saturated carbocycles. The molecule has 0 amide bonds. The van der Waals surface area contributed by atoms with E-state index in [9.17, 15) is 19.2 Å². The molecular formula is C29H44O8. The summed E-state index contributed by atoms with van der Waals surface area (Å²) in [4.78, 5) is 50.0. The highest BCUT2D eigenvalue weighted by molar-refractivity contribution is 5.92. The summed E-state index contributed by atoms with van der Waals surface area (Å²) in [5, 5.41) is 0. The van der Waals surface area contributed by atoms with Crippen LogP contribution < -0.4 is 14.2 Å². The molecule has 1 aromatic rings. The Hall–Kier alpha value is -2.90. The van der Waals surface area contributed by atoms with Gasteiger partial charge in [0.15, 0.2) is 11.5 Å². The fourth-order valence-corrected chi connectivity index (χ4v) is 3.67. The van der Waals surface area contributed by atoms with Gasteiger partial charge in [-0.15, -0.1) is 0 Å². The second kappa shape index (κ2) is 19.2. The van der Waals surface area contributed by atoms with Gasteiger partial charge in [-0.25, -0.2) is 4.79 Å². The molecule has 0 fully saturated rings. The van der Waals surface area contributed by atoms with Crippen molar-refractivity contribution in [2.24, 2.45) is 0 Å². The van der Waals surface area contributed by atoms with Crippen molar-refractivity contribution in [2.45, 2.75) is 117 Å². The average Bonchev–Trinajstić information content (AvgIpc) is 2.88. The number of benzene rings is 1. The number of hydrogen-bond acceptors (Lipinski definition) is 8. The van der Waals surface area contributed by atoms with E-state index in [2.05, 4.69) is 20.8 Å². The molecule has 8 nitrogen and oxygen atoms in total. The SMILES string of the molecule is CCCCCCC(=O)Oc1cc(C(=O)OC)cc(OC(=O)CCCCCC)c1OC(=O)CCCCCC. The number of hydrogen-bond donors (Lipinski definition) is 0. The van der Waals surface area contributed by atoms with Crippen LogP contribution in [0.3, 0.4) is 0 Å². The van der Waals surface area contributed by atoms with Crippen molar-refractivity contribution in [3.63, 3.8) is 0 Å². The Bertz CT molecular complexity index is 814. The van der Waals surface area contributed by atoms with Gasteiger partial charge < -0.3 is 18.9 Å². The van der Waals surface area contributed by atoms with E-state index in [0.717, 1.165) is 57.8 Å². The van der Waals surface area contributed by atoms with Crippen LogP contribution >= 0.6 is 0 Å². The smallest absolute Gasteiger partial charge is 0.338 e. The van der Waals surface area contributed by atoms with E-state index in [1.165, 1.54) is 19.2 Å². The average molecular weight is 521 g/mol. The second-order valence-corrected chi connectivity index (χ2v) is 9.15. The molecule has 0 saturated heterocycles. The van der Waals surface area contributed by atoms with Crippen molar-refractivity contribution in [2.75, 3.05) is 7.11 Å². The molecule has 208 valence electrons. The Morgan fingerprint density at radius 1 is 0.568 bits per heavy atom. The molecule has 0 atom stereocenters. The maximum atomic E-state index is 12.6. The molecule has 1 rings (SSSR count). The van der Waals surface area contributed by atoms with E-state index in [1.807, 2.05) is 0 Å². The molecule has 0 heterocycles. The molecule has 0 radical (unpaired) electrons. The van der Waals surface area contributed by atoms with Crippen LogP contribution in [0.5, 0.6) is 17.2 Å². The lowest BCUT2D eigenvalue weighted by Crippen LogP contribution is -2.16. The van der Waals surface area contributed by atoms with Gasteiger partial charge in [0.05, 0.1) is 12.7 Å². The zero-order valence-electron chi connectivity index (χ0n) is 23.0. The van der Waals surface area contributed by atoms with Gasteiger partial charge in [0.2, 0.25) is 5.75 Å². The highest BCUT2D eigenvalue weighted by atomic mass is 16.6. The molecule has 0 spiro atoms. The summed E-state index contributed by atoms with van der Waals surface area (Å²) in [7, 11) is 1.21. The number of methoxy groups -OCH3 is 1. The minimum absolute atomic E-state index is 0.00723. The lowest BCUT2D eigenvalue weighted by Gasteiger charge is -2.16. The topological polar surface area (TPSA) is 105 Å². The first-order chi connectivity index (χ1) is 17.9. The Balaban J connectivity index is 3.23. The zero-order chi connectivity index (χ0) is 27.5. The number of carbonyl (C=O) groups is 4. The second-order valence-electron chi connectivity index (χ2n) is 9.15. The van der Waals surface area contributed by atoms with Gasteiger partial charge in [0, 0.05) is 19.3 Å². The van der Waals surface area contributed by atoms with Crippen molar-refractivity contribution in [3.05, 3.63) is 17.7 Å². The van der Waals surface area contributed by atoms with Crippen LogP contribution in [0.25, 0.3) is 0 Å². The van der Waals surface area contributed by atoms with Crippen LogP contribution in [0, 0.1) is 0 Å². The summed E-state index contributed by atoms with van der Waals surface area (Å²) in [6.45, 7) is 6.23. The molecule has 0 N–H and O–H groups in total. The Morgan fingerprint density at radius 3 is 1.30 bits per heavy atom. The number of esters is 4.